The minimum Gasteiger partial charge on any atom is -0.359 e. The zero-order valence-electron chi connectivity index (χ0n) is 11.3. The molecular formula is C15H20N2O. The number of nitrogens with zero attached hydrogens (tertiary/aromatic N) is 2. The van der Waals surface area contributed by atoms with Crippen LogP contribution in [0.2, 0.25) is 0 Å². The van der Waals surface area contributed by atoms with Gasteiger partial charge in [-0.3, -0.25) is 4.90 Å². The molecule has 2 aromatic rings. The number of hydrogen-bond donors (Lipinski definition) is 0. The second-order valence-corrected chi connectivity index (χ2v) is 4.51. The molecule has 0 spiro atoms. The van der Waals surface area contributed by atoms with Crippen molar-refractivity contribution in [3.8, 4) is 11.3 Å². The fourth-order valence-electron chi connectivity index (χ4n) is 2.00. The normalized spacial score (nSPS) is 11.1. The van der Waals surface area contributed by atoms with E-state index in [-0.39, 0.29) is 0 Å². The first kappa shape index (κ1) is 12.8. The highest BCUT2D eigenvalue weighted by Crippen LogP contribution is 2.20. The molecular weight excluding hydrogens is 224 g/mol. The third-order valence-electron chi connectivity index (χ3n) is 3.15. The highest BCUT2D eigenvalue weighted by molar-refractivity contribution is 5.59. The van der Waals surface area contributed by atoms with Crippen LogP contribution in [0.1, 0.15) is 25.2 Å². The van der Waals surface area contributed by atoms with E-state index in [9.17, 15) is 0 Å². The maximum Gasteiger partial charge on any atom is 0.151 e. The summed E-state index contributed by atoms with van der Waals surface area (Å²) in [5, 5.41) is 4.15. The Balaban J connectivity index is 2.15. The van der Waals surface area contributed by atoms with E-state index >= 15 is 0 Å². The zero-order valence-corrected chi connectivity index (χ0v) is 11.3. The van der Waals surface area contributed by atoms with Gasteiger partial charge in [0, 0.05) is 11.6 Å². The lowest BCUT2D eigenvalue weighted by molar-refractivity contribution is 0.252. The molecule has 1 heterocycles. The van der Waals surface area contributed by atoms with Crippen molar-refractivity contribution < 1.29 is 4.52 Å². The monoisotopic (exact) mass is 244 g/mol. The number of aryl methyl sites for hydroxylation is 1. The van der Waals surface area contributed by atoms with Crippen LogP contribution in [0.15, 0.2) is 34.9 Å². The van der Waals surface area contributed by atoms with Crippen LogP contribution in [0.4, 0.5) is 0 Å². The van der Waals surface area contributed by atoms with Crippen molar-refractivity contribution in [2.45, 2.75) is 27.3 Å². The summed E-state index contributed by atoms with van der Waals surface area (Å²) in [6, 6.07) is 10.3. The van der Waals surface area contributed by atoms with E-state index in [1.54, 1.807) is 0 Å². The van der Waals surface area contributed by atoms with Crippen molar-refractivity contribution >= 4 is 0 Å². The Hall–Kier alpha value is -1.61. The summed E-state index contributed by atoms with van der Waals surface area (Å²) in [4.78, 5) is 2.31. The smallest absolute Gasteiger partial charge is 0.151 e. The molecule has 0 aliphatic heterocycles. The van der Waals surface area contributed by atoms with Crippen molar-refractivity contribution in [1.82, 2.24) is 10.1 Å². The van der Waals surface area contributed by atoms with Crippen molar-refractivity contribution in [2.75, 3.05) is 13.1 Å². The van der Waals surface area contributed by atoms with Crippen LogP contribution >= 0.6 is 0 Å². The molecule has 0 aliphatic carbocycles. The lowest BCUT2D eigenvalue weighted by atomic mass is 10.1. The molecule has 0 unspecified atom stereocenters. The molecule has 0 N–H and O–H groups in total. The van der Waals surface area contributed by atoms with Crippen LogP contribution in [0, 0.1) is 6.92 Å². The maximum atomic E-state index is 5.40. The number of aromatic nitrogens is 1. The van der Waals surface area contributed by atoms with Crippen molar-refractivity contribution in [2.24, 2.45) is 0 Å². The number of hydrogen-bond acceptors (Lipinski definition) is 3. The molecule has 0 atom stereocenters. The third-order valence-corrected chi connectivity index (χ3v) is 3.15. The van der Waals surface area contributed by atoms with E-state index in [0.717, 1.165) is 36.7 Å². The Kier molecular flexibility index (Phi) is 4.15. The van der Waals surface area contributed by atoms with Gasteiger partial charge in [-0.1, -0.05) is 42.8 Å². The zero-order chi connectivity index (χ0) is 13.0. The first-order chi connectivity index (χ1) is 8.72. The molecule has 0 radical (unpaired) electrons. The van der Waals surface area contributed by atoms with E-state index in [1.807, 2.05) is 12.1 Å². The SMILES string of the molecule is CCN(CC)Cc1cc(-c2cccc(C)c2)no1. The largest absolute Gasteiger partial charge is 0.359 e. The van der Waals surface area contributed by atoms with Gasteiger partial charge < -0.3 is 4.52 Å². The van der Waals surface area contributed by atoms with Crippen LogP contribution < -0.4 is 0 Å². The van der Waals surface area contributed by atoms with Crippen molar-refractivity contribution in [1.29, 1.82) is 0 Å². The average molecular weight is 244 g/mol. The lowest BCUT2D eigenvalue weighted by Gasteiger charge is -2.14. The summed E-state index contributed by atoms with van der Waals surface area (Å²) in [6.07, 6.45) is 0. The summed E-state index contributed by atoms with van der Waals surface area (Å²) < 4.78 is 5.40. The molecule has 0 aliphatic rings. The molecule has 0 bridgehead atoms. The van der Waals surface area contributed by atoms with Crippen LogP contribution in [0.5, 0.6) is 0 Å². The minimum atomic E-state index is 0.825. The Morgan fingerprint density at radius 1 is 1.17 bits per heavy atom. The Morgan fingerprint density at radius 3 is 2.61 bits per heavy atom. The number of rotatable bonds is 5. The summed E-state index contributed by atoms with van der Waals surface area (Å²) in [6.45, 7) is 9.27. The summed E-state index contributed by atoms with van der Waals surface area (Å²) in [5.41, 5.74) is 3.27. The van der Waals surface area contributed by atoms with Gasteiger partial charge in [0.05, 0.1) is 6.54 Å². The predicted octanol–water partition coefficient (Wildman–Crippen LogP) is 3.49. The van der Waals surface area contributed by atoms with Gasteiger partial charge in [0.2, 0.25) is 0 Å². The van der Waals surface area contributed by atoms with Gasteiger partial charge in [-0.15, -0.1) is 0 Å². The standard InChI is InChI=1S/C15H20N2O/c1-4-17(5-2)11-14-10-15(16-18-14)13-8-6-7-12(3)9-13/h6-10H,4-5,11H2,1-3H3. The Bertz CT molecular complexity index is 501. The molecule has 2 rings (SSSR count). The van der Waals surface area contributed by atoms with Gasteiger partial charge in [-0.05, 0) is 26.1 Å². The van der Waals surface area contributed by atoms with Crippen molar-refractivity contribution in [3.05, 3.63) is 41.7 Å². The van der Waals surface area contributed by atoms with Gasteiger partial charge in [0.15, 0.2) is 5.76 Å². The predicted molar refractivity (Wildman–Crippen MR) is 73.3 cm³/mol. The number of benzene rings is 1. The topological polar surface area (TPSA) is 29.3 Å². The third kappa shape index (κ3) is 2.99. The van der Waals surface area contributed by atoms with E-state index in [4.69, 9.17) is 4.52 Å². The quantitative estimate of drug-likeness (QED) is 0.806. The molecule has 0 saturated carbocycles. The molecule has 96 valence electrons. The highest BCUT2D eigenvalue weighted by Gasteiger charge is 2.09. The average Bonchev–Trinajstić information content (AvgIpc) is 2.84. The first-order valence-electron chi connectivity index (χ1n) is 6.48. The summed E-state index contributed by atoms with van der Waals surface area (Å²) >= 11 is 0. The maximum absolute atomic E-state index is 5.40. The van der Waals surface area contributed by atoms with Gasteiger partial charge in [0.1, 0.15) is 5.69 Å². The van der Waals surface area contributed by atoms with E-state index in [1.165, 1.54) is 5.56 Å². The second-order valence-electron chi connectivity index (χ2n) is 4.51. The molecule has 0 amide bonds. The van der Waals surface area contributed by atoms with Crippen LogP contribution in [0.25, 0.3) is 11.3 Å². The molecule has 18 heavy (non-hydrogen) atoms. The highest BCUT2D eigenvalue weighted by atomic mass is 16.5. The van der Waals surface area contributed by atoms with Gasteiger partial charge in [-0.25, -0.2) is 0 Å². The molecule has 1 aromatic carbocycles. The van der Waals surface area contributed by atoms with Crippen LogP contribution in [0.3, 0.4) is 0 Å². The fourth-order valence-corrected chi connectivity index (χ4v) is 2.00. The molecule has 0 fully saturated rings. The van der Waals surface area contributed by atoms with Gasteiger partial charge in [-0.2, -0.15) is 0 Å². The van der Waals surface area contributed by atoms with Gasteiger partial charge >= 0.3 is 0 Å². The fraction of sp³-hybridized carbons (Fsp3) is 0.400. The second kappa shape index (κ2) is 5.83. The van der Waals surface area contributed by atoms with E-state index in [2.05, 4.69) is 49.0 Å². The first-order valence-corrected chi connectivity index (χ1v) is 6.48. The summed E-state index contributed by atoms with van der Waals surface area (Å²) in [5.74, 6) is 0.926. The molecule has 1 aromatic heterocycles. The van der Waals surface area contributed by atoms with Crippen LogP contribution in [-0.2, 0) is 6.54 Å². The van der Waals surface area contributed by atoms with E-state index in [0.29, 0.717) is 0 Å². The van der Waals surface area contributed by atoms with Gasteiger partial charge in [0.25, 0.3) is 0 Å². The lowest BCUT2D eigenvalue weighted by Crippen LogP contribution is -2.21. The molecule has 3 heteroatoms. The van der Waals surface area contributed by atoms with Crippen molar-refractivity contribution in [3.63, 3.8) is 0 Å². The molecule has 3 nitrogen and oxygen atoms in total. The Morgan fingerprint density at radius 2 is 1.94 bits per heavy atom. The van der Waals surface area contributed by atoms with E-state index < -0.39 is 0 Å². The summed E-state index contributed by atoms with van der Waals surface area (Å²) in [7, 11) is 0. The minimum absolute atomic E-state index is 0.825. The van der Waals surface area contributed by atoms with Crippen LogP contribution in [-0.4, -0.2) is 23.1 Å². The Labute approximate surface area is 108 Å². The molecule has 0 saturated heterocycles.